The Kier molecular flexibility index (Phi) is 6.32. The van der Waals surface area contributed by atoms with Crippen LogP contribution in [-0.4, -0.2) is 24.8 Å². The van der Waals surface area contributed by atoms with Gasteiger partial charge in [-0.2, -0.15) is 0 Å². The summed E-state index contributed by atoms with van der Waals surface area (Å²) in [6.45, 7) is 8.94. The van der Waals surface area contributed by atoms with Crippen molar-refractivity contribution in [2.45, 2.75) is 46.1 Å². The molecule has 0 spiro atoms. The molecule has 0 aromatic heterocycles. The molecule has 0 aliphatic carbocycles. The Morgan fingerprint density at radius 1 is 1.47 bits per heavy atom. The summed E-state index contributed by atoms with van der Waals surface area (Å²) >= 11 is 0. The van der Waals surface area contributed by atoms with E-state index in [1.54, 1.807) is 0 Å². The van der Waals surface area contributed by atoms with Crippen LogP contribution in [0, 0.1) is 5.92 Å². The van der Waals surface area contributed by atoms with E-state index in [0.29, 0.717) is 19.1 Å². The van der Waals surface area contributed by atoms with Crippen LogP contribution in [0.25, 0.3) is 0 Å². The molecule has 15 heavy (non-hydrogen) atoms. The molecule has 0 aliphatic heterocycles. The van der Waals surface area contributed by atoms with Crippen LogP contribution < -0.4 is 11.1 Å². The first-order chi connectivity index (χ1) is 6.89. The Morgan fingerprint density at radius 2 is 2.07 bits per heavy atom. The number of amides is 1. The second-order valence-electron chi connectivity index (χ2n) is 4.83. The van der Waals surface area contributed by atoms with E-state index in [4.69, 9.17) is 10.5 Å². The van der Waals surface area contributed by atoms with Gasteiger partial charge in [0.25, 0.3) is 0 Å². The number of hydrogen-bond acceptors (Lipinski definition) is 3. The Labute approximate surface area is 92.6 Å². The molecule has 0 aliphatic rings. The van der Waals surface area contributed by atoms with E-state index in [2.05, 4.69) is 12.2 Å². The van der Waals surface area contributed by atoms with E-state index in [-0.39, 0.29) is 11.6 Å². The number of nitrogens with one attached hydrogen (secondary N) is 1. The van der Waals surface area contributed by atoms with Crippen LogP contribution in [0.5, 0.6) is 0 Å². The average molecular weight is 216 g/mol. The van der Waals surface area contributed by atoms with E-state index in [9.17, 15) is 4.79 Å². The van der Waals surface area contributed by atoms with Crippen LogP contribution in [0.2, 0.25) is 0 Å². The summed E-state index contributed by atoms with van der Waals surface area (Å²) in [4.78, 5) is 11.3. The number of ether oxygens (including phenoxy) is 1. The predicted molar refractivity (Wildman–Crippen MR) is 61.7 cm³/mol. The smallest absolute Gasteiger partial charge is 0.407 e. The van der Waals surface area contributed by atoms with Gasteiger partial charge >= 0.3 is 6.09 Å². The average Bonchev–Trinajstić information content (AvgIpc) is 2.09. The highest BCUT2D eigenvalue weighted by Crippen LogP contribution is 2.08. The Bertz CT molecular complexity index is 188. The van der Waals surface area contributed by atoms with Crippen molar-refractivity contribution >= 4 is 6.09 Å². The Morgan fingerprint density at radius 3 is 2.47 bits per heavy atom. The highest BCUT2D eigenvalue weighted by Gasteiger charge is 2.15. The minimum Gasteiger partial charge on any atom is -0.449 e. The standard InChI is InChI=1S/C11H24N2O2/c1-5-9(6-7-12)8-15-10(14)13-11(2,3)4/h9H,5-8,12H2,1-4H3,(H,13,14). The van der Waals surface area contributed by atoms with E-state index < -0.39 is 0 Å². The number of carbonyl (C=O) groups excluding carboxylic acids is 1. The van der Waals surface area contributed by atoms with Gasteiger partial charge in [0.05, 0.1) is 6.61 Å². The van der Waals surface area contributed by atoms with Crippen molar-refractivity contribution in [2.75, 3.05) is 13.2 Å². The molecule has 0 bridgehead atoms. The van der Waals surface area contributed by atoms with Crippen LogP contribution in [0.4, 0.5) is 4.79 Å². The van der Waals surface area contributed by atoms with Crippen molar-refractivity contribution in [2.24, 2.45) is 11.7 Å². The molecule has 4 nitrogen and oxygen atoms in total. The van der Waals surface area contributed by atoms with Crippen molar-refractivity contribution in [1.29, 1.82) is 0 Å². The van der Waals surface area contributed by atoms with Crippen LogP contribution in [0.1, 0.15) is 40.5 Å². The summed E-state index contributed by atoms with van der Waals surface area (Å²) in [7, 11) is 0. The molecular weight excluding hydrogens is 192 g/mol. The van der Waals surface area contributed by atoms with Crippen LogP contribution in [0.3, 0.4) is 0 Å². The minimum absolute atomic E-state index is 0.243. The van der Waals surface area contributed by atoms with E-state index >= 15 is 0 Å². The zero-order valence-corrected chi connectivity index (χ0v) is 10.3. The molecule has 1 amide bonds. The summed E-state index contributed by atoms with van der Waals surface area (Å²) in [5.74, 6) is 0.376. The molecule has 1 unspecified atom stereocenters. The maximum atomic E-state index is 11.3. The first-order valence-corrected chi connectivity index (χ1v) is 5.54. The predicted octanol–water partition coefficient (Wildman–Crippen LogP) is 1.89. The lowest BCUT2D eigenvalue weighted by atomic mass is 10.0. The highest BCUT2D eigenvalue weighted by molar-refractivity contribution is 5.68. The molecule has 0 radical (unpaired) electrons. The summed E-state index contributed by atoms with van der Waals surface area (Å²) in [5.41, 5.74) is 5.21. The third kappa shape index (κ3) is 8.24. The van der Waals surface area contributed by atoms with Crippen molar-refractivity contribution in [3.05, 3.63) is 0 Å². The fourth-order valence-corrected chi connectivity index (χ4v) is 1.18. The molecule has 0 fully saturated rings. The highest BCUT2D eigenvalue weighted by atomic mass is 16.5. The quantitative estimate of drug-likeness (QED) is 0.737. The number of nitrogens with two attached hydrogens (primary N) is 1. The van der Waals surface area contributed by atoms with Gasteiger partial charge in [0.1, 0.15) is 0 Å². The van der Waals surface area contributed by atoms with Crippen molar-refractivity contribution in [3.63, 3.8) is 0 Å². The van der Waals surface area contributed by atoms with Gasteiger partial charge in [-0.1, -0.05) is 13.3 Å². The van der Waals surface area contributed by atoms with Crippen LogP contribution in [0.15, 0.2) is 0 Å². The van der Waals surface area contributed by atoms with Gasteiger partial charge in [-0.3, -0.25) is 0 Å². The van der Waals surface area contributed by atoms with Crippen molar-refractivity contribution < 1.29 is 9.53 Å². The summed E-state index contributed by atoms with van der Waals surface area (Å²) < 4.78 is 5.12. The van der Waals surface area contributed by atoms with Gasteiger partial charge in [0.15, 0.2) is 0 Å². The lowest BCUT2D eigenvalue weighted by molar-refractivity contribution is 0.116. The maximum Gasteiger partial charge on any atom is 0.407 e. The van der Waals surface area contributed by atoms with E-state index in [0.717, 1.165) is 12.8 Å². The molecule has 0 saturated carbocycles. The first-order valence-electron chi connectivity index (χ1n) is 5.54. The Balaban J connectivity index is 3.78. The number of carbonyl (C=O) groups is 1. The van der Waals surface area contributed by atoms with Gasteiger partial charge < -0.3 is 15.8 Å². The van der Waals surface area contributed by atoms with Crippen molar-refractivity contribution in [1.82, 2.24) is 5.32 Å². The third-order valence-corrected chi connectivity index (χ3v) is 2.08. The van der Waals surface area contributed by atoms with Gasteiger partial charge in [0, 0.05) is 5.54 Å². The van der Waals surface area contributed by atoms with Gasteiger partial charge in [-0.05, 0) is 39.7 Å². The number of hydrogen-bond donors (Lipinski definition) is 2. The first kappa shape index (κ1) is 14.2. The fourth-order valence-electron chi connectivity index (χ4n) is 1.18. The molecule has 0 rings (SSSR count). The normalized spacial score (nSPS) is 13.4. The van der Waals surface area contributed by atoms with Crippen LogP contribution in [-0.2, 0) is 4.74 Å². The number of rotatable bonds is 5. The zero-order valence-electron chi connectivity index (χ0n) is 10.3. The molecule has 1 atom stereocenters. The van der Waals surface area contributed by atoms with E-state index in [1.165, 1.54) is 0 Å². The second-order valence-corrected chi connectivity index (χ2v) is 4.83. The summed E-state index contributed by atoms with van der Waals surface area (Å²) in [6, 6.07) is 0. The second kappa shape index (κ2) is 6.67. The molecule has 3 N–H and O–H groups in total. The summed E-state index contributed by atoms with van der Waals surface area (Å²) in [6.07, 6.45) is 1.54. The monoisotopic (exact) mass is 216 g/mol. The maximum absolute atomic E-state index is 11.3. The van der Waals surface area contributed by atoms with Crippen LogP contribution >= 0.6 is 0 Å². The topological polar surface area (TPSA) is 64.3 Å². The molecule has 0 saturated heterocycles. The van der Waals surface area contributed by atoms with Crippen molar-refractivity contribution in [3.8, 4) is 0 Å². The fraction of sp³-hybridized carbons (Fsp3) is 0.909. The molecule has 0 heterocycles. The molecular formula is C11H24N2O2. The minimum atomic E-state index is -0.349. The largest absolute Gasteiger partial charge is 0.449 e. The van der Waals surface area contributed by atoms with Gasteiger partial charge in [0.2, 0.25) is 0 Å². The molecule has 90 valence electrons. The van der Waals surface area contributed by atoms with Gasteiger partial charge in [-0.15, -0.1) is 0 Å². The summed E-state index contributed by atoms with van der Waals surface area (Å²) in [5, 5.41) is 2.75. The molecule has 0 aromatic rings. The zero-order chi connectivity index (χ0) is 11.9. The Hall–Kier alpha value is -0.770. The molecule has 0 aromatic carbocycles. The SMILES string of the molecule is CCC(CCN)COC(=O)NC(C)(C)C. The van der Waals surface area contributed by atoms with Gasteiger partial charge in [-0.25, -0.2) is 4.79 Å². The lowest BCUT2D eigenvalue weighted by Gasteiger charge is -2.21. The third-order valence-electron chi connectivity index (χ3n) is 2.08. The van der Waals surface area contributed by atoms with E-state index in [1.807, 2.05) is 20.8 Å². The number of alkyl carbamates (subject to hydrolysis) is 1. The lowest BCUT2D eigenvalue weighted by Crippen LogP contribution is -2.41. The molecule has 4 heteroatoms.